The molecule has 1 fully saturated rings. The Hall–Kier alpha value is -1.53. The number of amides is 1. The number of benzene rings is 1. The van der Waals surface area contributed by atoms with E-state index in [9.17, 15) is 4.79 Å². The van der Waals surface area contributed by atoms with E-state index in [0.717, 1.165) is 23.6 Å². The van der Waals surface area contributed by atoms with Crippen molar-refractivity contribution >= 4 is 29.3 Å². The molecule has 2 aromatic rings. The van der Waals surface area contributed by atoms with Crippen LogP contribution in [0.4, 0.5) is 0 Å². The van der Waals surface area contributed by atoms with Crippen LogP contribution in [-0.4, -0.2) is 43.4 Å². The summed E-state index contributed by atoms with van der Waals surface area (Å²) in [4.78, 5) is 14.7. The summed E-state index contributed by atoms with van der Waals surface area (Å²) in [6.45, 7) is 4.27. The van der Waals surface area contributed by atoms with Crippen LogP contribution in [0.15, 0.2) is 29.4 Å². The smallest absolute Gasteiger partial charge is 0.233 e. The molecule has 0 spiro atoms. The average molecular weight is 379 g/mol. The number of halogens is 1. The van der Waals surface area contributed by atoms with Gasteiger partial charge in [0.25, 0.3) is 0 Å². The normalized spacial score (nSPS) is 20.7. The second-order valence-corrected chi connectivity index (χ2v) is 7.91. The van der Waals surface area contributed by atoms with Gasteiger partial charge in [0.1, 0.15) is 0 Å². The number of likely N-dealkylation sites (tertiary alicyclic amines) is 1. The average Bonchev–Trinajstić information content (AvgIpc) is 2.94. The molecule has 1 aliphatic rings. The zero-order valence-electron chi connectivity index (χ0n) is 14.8. The van der Waals surface area contributed by atoms with E-state index in [1.54, 1.807) is 0 Å². The van der Waals surface area contributed by atoms with Crippen LogP contribution in [0.2, 0.25) is 5.02 Å². The first kappa shape index (κ1) is 18.3. The van der Waals surface area contributed by atoms with E-state index < -0.39 is 0 Å². The number of hydrogen-bond donors (Lipinski definition) is 0. The van der Waals surface area contributed by atoms with Crippen LogP contribution in [0.1, 0.15) is 33.1 Å². The number of carbonyl (C=O) groups is 1. The molecule has 7 heteroatoms. The fourth-order valence-corrected chi connectivity index (χ4v) is 4.43. The molecule has 0 aliphatic carbocycles. The molecule has 1 aromatic heterocycles. The highest BCUT2D eigenvalue weighted by Gasteiger charge is 2.29. The highest BCUT2D eigenvalue weighted by Crippen LogP contribution is 2.29. The van der Waals surface area contributed by atoms with Gasteiger partial charge in [0.05, 0.1) is 10.8 Å². The van der Waals surface area contributed by atoms with Gasteiger partial charge in [0.15, 0.2) is 11.0 Å². The van der Waals surface area contributed by atoms with E-state index in [1.807, 2.05) is 40.8 Å². The Kier molecular flexibility index (Phi) is 5.69. The molecule has 2 atom stereocenters. The summed E-state index contributed by atoms with van der Waals surface area (Å²) >= 11 is 7.68. The van der Waals surface area contributed by atoms with Gasteiger partial charge in [-0.2, -0.15) is 0 Å². The van der Waals surface area contributed by atoms with E-state index in [-0.39, 0.29) is 5.91 Å². The Balaban J connectivity index is 1.70. The summed E-state index contributed by atoms with van der Waals surface area (Å²) in [6, 6.07) is 8.19. The molecule has 1 saturated heterocycles. The van der Waals surface area contributed by atoms with Crippen molar-refractivity contribution in [3.05, 3.63) is 29.3 Å². The number of aromatic nitrogens is 3. The first-order valence-corrected chi connectivity index (χ1v) is 9.93. The van der Waals surface area contributed by atoms with Crippen molar-refractivity contribution in [3.8, 4) is 11.4 Å². The Morgan fingerprint density at radius 2 is 1.92 bits per heavy atom. The lowest BCUT2D eigenvalue weighted by molar-refractivity contribution is -0.134. The zero-order chi connectivity index (χ0) is 18.0. The second kappa shape index (κ2) is 7.79. The first-order chi connectivity index (χ1) is 12.0. The van der Waals surface area contributed by atoms with Gasteiger partial charge in [-0.15, -0.1) is 10.2 Å². The molecule has 1 aliphatic heterocycles. The quantitative estimate of drug-likeness (QED) is 0.754. The number of piperidine rings is 1. The van der Waals surface area contributed by atoms with Gasteiger partial charge in [-0.25, -0.2) is 0 Å². The standard InChI is InChI=1S/C18H23ClN4OS/c1-12-7-6-8-13(2)23(12)16(24)11-25-18-21-20-17(22(18)3)14-9-4-5-10-15(14)19/h4-5,9-10,12-13H,6-8,11H2,1-3H3. The fraction of sp³-hybridized carbons (Fsp3) is 0.500. The van der Waals surface area contributed by atoms with Gasteiger partial charge in [-0.1, -0.05) is 35.5 Å². The van der Waals surface area contributed by atoms with Gasteiger partial charge >= 0.3 is 0 Å². The highest BCUT2D eigenvalue weighted by atomic mass is 35.5. The van der Waals surface area contributed by atoms with Crippen LogP contribution in [0, 0.1) is 0 Å². The van der Waals surface area contributed by atoms with Gasteiger partial charge in [0, 0.05) is 24.7 Å². The van der Waals surface area contributed by atoms with Crippen LogP contribution in [0.5, 0.6) is 0 Å². The van der Waals surface area contributed by atoms with Crippen molar-refractivity contribution in [2.75, 3.05) is 5.75 Å². The molecular weight excluding hydrogens is 356 g/mol. The highest BCUT2D eigenvalue weighted by molar-refractivity contribution is 7.99. The summed E-state index contributed by atoms with van der Waals surface area (Å²) < 4.78 is 1.89. The molecule has 0 N–H and O–H groups in total. The fourth-order valence-electron chi connectivity index (χ4n) is 3.43. The van der Waals surface area contributed by atoms with Crippen molar-refractivity contribution in [2.24, 2.45) is 7.05 Å². The second-order valence-electron chi connectivity index (χ2n) is 6.56. The van der Waals surface area contributed by atoms with Crippen molar-refractivity contribution in [1.29, 1.82) is 0 Å². The Morgan fingerprint density at radius 3 is 2.60 bits per heavy atom. The van der Waals surface area contributed by atoms with Crippen molar-refractivity contribution < 1.29 is 4.79 Å². The lowest BCUT2D eigenvalue weighted by Crippen LogP contribution is -2.48. The zero-order valence-corrected chi connectivity index (χ0v) is 16.3. The minimum Gasteiger partial charge on any atom is -0.337 e. The molecular formula is C18H23ClN4OS. The maximum absolute atomic E-state index is 12.7. The van der Waals surface area contributed by atoms with Crippen LogP contribution in [0.3, 0.4) is 0 Å². The van der Waals surface area contributed by atoms with Crippen LogP contribution in [0.25, 0.3) is 11.4 Å². The van der Waals surface area contributed by atoms with Gasteiger partial charge in [-0.05, 0) is 45.2 Å². The largest absolute Gasteiger partial charge is 0.337 e. The Labute approximate surface area is 157 Å². The molecule has 0 saturated carbocycles. The van der Waals surface area contributed by atoms with E-state index in [2.05, 4.69) is 24.0 Å². The summed E-state index contributed by atoms with van der Waals surface area (Å²) in [7, 11) is 1.90. The predicted octanol–water partition coefficient (Wildman–Crippen LogP) is 4.02. The summed E-state index contributed by atoms with van der Waals surface area (Å²) in [5.41, 5.74) is 0.843. The number of hydrogen-bond acceptors (Lipinski definition) is 4. The molecule has 1 aromatic carbocycles. The summed E-state index contributed by atoms with van der Waals surface area (Å²) in [5.74, 6) is 1.26. The van der Waals surface area contributed by atoms with Crippen molar-refractivity contribution in [2.45, 2.75) is 50.4 Å². The maximum Gasteiger partial charge on any atom is 0.233 e. The van der Waals surface area contributed by atoms with E-state index in [0.29, 0.717) is 28.7 Å². The Morgan fingerprint density at radius 1 is 1.24 bits per heavy atom. The lowest BCUT2D eigenvalue weighted by atomic mass is 9.98. The lowest BCUT2D eigenvalue weighted by Gasteiger charge is -2.39. The molecule has 2 unspecified atom stereocenters. The van der Waals surface area contributed by atoms with E-state index in [1.165, 1.54) is 18.2 Å². The van der Waals surface area contributed by atoms with Gasteiger partial charge in [-0.3, -0.25) is 4.79 Å². The third-order valence-corrected chi connectivity index (χ3v) is 6.09. The molecule has 5 nitrogen and oxygen atoms in total. The molecule has 0 bridgehead atoms. The molecule has 3 rings (SSSR count). The summed E-state index contributed by atoms with van der Waals surface area (Å²) in [5, 5.41) is 9.85. The van der Waals surface area contributed by atoms with Crippen LogP contribution in [-0.2, 0) is 11.8 Å². The number of thioether (sulfide) groups is 1. The van der Waals surface area contributed by atoms with Crippen molar-refractivity contribution in [3.63, 3.8) is 0 Å². The third-order valence-electron chi connectivity index (χ3n) is 4.76. The minimum atomic E-state index is 0.173. The van der Waals surface area contributed by atoms with E-state index in [4.69, 9.17) is 11.6 Å². The molecule has 0 radical (unpaired) electrons. The van der Waals surface area contributed by atoms with Crippen LogP contribution >= 0.6 is 23.4 Å². The summed E-state index contributed by atoms with van der Waals surface area (Å²) in [6.07, 6.45) is 3.37. The van der Waals surface area contributed by atoms with E-state index >= 15 is 0 Å². The molecule has 2 heterocycles. The SMILES string of the molecule is CC1CCCC(C)N1C(=O)CSc1nnc(-c2ccccc2Cl)n1C. The minimum absolute atomic E-state index is 0.173. The number of carbonyl (C=O) groups excluding carboxylic acids is 1. The number of rotatable bonds is 4. The van der Waals surface area contributed by atoms with Crippen molar-refractivity contribution in [1.82, 2.24) is 19.7 Å². The monoisotopic (exact) mass is 378 g/mol. The first-order valence-electron chi connectivity index (χ1n) is 8.57. The third kappa shape index (κ3) is 3.85. The predicted molar refractivity (Wildman–Crippen MR) is 102 cm³/mol. The maximum atomic E-state index is 12.7. The topological polar surface area (TPSA) is 51.0 Å². The van der Waals surface area contributed by atoms with Gasteiger partial charge < -0.3 is 9.47 Å². The molecule has 25 heavy (non-hydrogen) atoms. The molecule has 134 valence electrons. The number of nitrogens with zero attached hydrogens (tertiary/aromatic N) is 4. The van der Waals surface area contributed by atoms with Crippen LogP contribution < -0.4 is 0 Å². The van der Waals surface area contributed by atoms with Gasteiger partial charge in [0.2, 0.25) is 5.91 Å². The molecule has 1 amide bonds. The Bertz CT molecular complexity index is 753.